The van der Waals surface area contributed by atoms with Gasteiger partial charge in [-0.1, -0.05) is 72.8 Å². The van der Waals surface area contributed by atoms with Crippen molar-refractivity contribution in [3.8, 4) is 0 Å². The maximum atomic E-state index is 14.5. The summed E-state index contributed by atoms with van der Waals surface area (Å²) in [6, 6.07) is -3.70. The number of ketones is 1. The molecule has 3 saturated carbocycles. The zero-order valence-corrected chi connectivity index (χ0v) is 32.4. The van der Waals surface area contributed by atoms with E-state index in [9.17, 15) is 37.5 Å². The van der Waals surface area contributed by atoms with Crippen LogP contribution in [0.4, 0.5) is 4.79 Å². The lowest BCUT2D eigenvalue weighted by Crippen LogP contribution is -2.64. The number of piperidine rings is 1. The molecule has 1 aliphatic heterocycles. The number of likely N-dealkylation sites (tertiary alicyclic amines) is 1. The monoisotopic (exact) mass is 735 g/mol. The number of nitrogens with one attached hydrogen (secondary N) is 4. The highest BCUT2D eigenvalue weighted by atomic mass is 32.2. The maximum Gasteiger partial charge on any atom is 0.315 e. The highest BCUT2D eigenvalue weighted by molar-refractivity contribution is 7.92. The molecule has 4 aliphatic rings. The number of sulfone groups is 1. The van der Waals surface area contributed by atoms with Crippen LogP contribution in [0.15, 0.2) is 12.7 Å². The molecule has 0 bridgehead atoms. The summed E-state index contributed by atoms with van der Waals surface area (Å²) in [5.41, 5.74) is -2.09. The molecule has 4 fully saturated rings. The van der Waals surface area contributed by atoms with Crippen LogP contribution in [0.1, 0.15) is 106 Å². The van der Waals surface area contributed by atoms with Crippen molar-refractivity contribution in [3.63, 3.8) is 0 Å². The minimum absolute atomic E-state index is 0.0359. The molecule has 1 unspecified atom stereocenters. The average molecular weight is 736 g/mol. The number of aliphatic hydroxyl groups is 1. The van der Waals surface area contributed by atoms with Crippen molar-refractivity contribution < 1.29 is 37.5 Å². The second-order valence-corrected chi connectivity index (χ2v) is 20.4. The molecule has 0 aromatic heterocycles. The molecule has 3 aliphatic carbocycles. The molecule has 51 heavy (non-hydrogen) atoms. The molecule has 13 nitrogen and oxygen atoms in total. The van der Waals surface area contributed by atoms with Crippen LogP contribution in [0.5, 0.6) is 0 Å². The predicted octanol–water partition coefficient (Wildman–Crippen LogP) is 2.62. The first-order valence-electron chi connectivity index (χ1n) is 18.6. The van der Waals surface area contributed by atoms with Gasteiger partial charge in [0.1, 0.15) is 12.1 Å². The van der Waals surface area contributed by atoms with Gasteiger partial charge in [0.25, 0.3) is 5.91 Å². The lowest BCUT2D eigenvalue weighted by Gasteiger charge is -2.41. The van der Waals surface area contributed by atoms with Crippen molar-refractivity contribution in [1.82, 2.24) is 26.2 Å². The Labute approximate surface area is 303 Å². The number of aliphatic hydroxyl groups excluding tert-OH is 1. The van der Waals surface area contributed by atoms with Crippen LogP contribution in [0.3, 0.4) is 0 Å². The van der Waals surface area contributed by atoms with Gasteiger partial charge in [0.15, 0.2) is 9.84 Å². The zero-order chi connectivity index (χ0) is 38.2. The summed E-state index contributed by atoms with van der Waals surface area (Å²) in [5, 5.41) is 21.0. The molecule has 0 aromatic rings. The first-order valence-corrected chi connectivity index (χ1v) is 20.2. The second kappa shape index (κ2) is 15.2. The van der Waals surface area contributed by atoms with Gasteiger partial charge < -0.3 is 31.3 Å². The molecule has 5 atom stereocenters. The quantitative estimate of drug-likeness (QED) is 0.118. The topological polar surface area (TPSA) is 191 Å². The van der Waals surface area contributed by atoms with Crippen molar-refractivity contribution in [2.24, 2.45) is 28.6 Å². The van der Waals surface area contributed by atoms with Crippen LogP contribution in [-0.4, -0.2) is 102 Å². The first kappa shape index (κ1) is 40.8. The number of hydrogen-bond acceptors (Lipinski definition) is 8. The largest absolute Gasteiger partial charge is 0.395 e. The predicted molar refractivity (Wildman–Crippen MR) is 194 cm³/mol. The number of hydrogen-bond donors (Lipinski definition) is 5. The molecule has 14 heteroatoms. The van der Waals surface area contributed by atoms with Crippen LogP contribution in [-0.2, 0) is 29.0 Å². The van der Waals surface area contributed by atoms with Crippen molar-refractivity contribution in [3.05, 3.63) is 12.7 Å². The molecule has 5 amide bonds. The molecule has 288 valence electrons. The third-order valence-corrected chi connectivity index (χ3v) is 14.6. The highest BCUT2D eigenvalue weighted by Crippen LogP contribution is 2.65. The summed E-state index contributed by atoms with van der Waals surface area (Å²) < 4.78 is 25.4. The number of nitrogens with zero attached hydrogens (tertiary/aromatic N) is 1. The summed E-state index contributed by atoms with van der Waals surface area (Å²) >= 11 is 0. The summed E-state index contributed by atoms with van der Waals surface area (Å²) in [5.74, 6) is -2.49. The summed E-state index contributed by atoms with van der Waals surface area (Å²) in [7, 11) is -3.83. The fourth-order valence-corrected chi connectivity index (χ4v) is 9.65. The zero-order valence-electron chi connectivity index (χ0n) is 31.6. The van der Waals surface area contributed by atoms with E-state index >= 15 is 0 Å². The normalized spacial score (nSPS) is 25.1. The van der Waals surface area contributed by atoms with Gasteiger partial charge >= 0.3 is 6.03 Å². The third kappa shape index (κ3) is 9.15. The number of urea groups is 1. The standard InChI is InChI=1S/C37H61N5O8S/c1-9-19-38-31(46)28(44)25(16-15-23-13-14-23)39-30(45)27-26-24(36(26,7)8)20-42(27)32(47)29(34(2,3)4)40-33(48)41-37(17-11-10-12-18-37)22-51(49,50)35(5,6)21-43/h9,23-27,29,43H,1,10-22H2,2-8H3,(H,38,46)(H,39,45)(H2,40,41,48)/t24-,25?,26-,27-,29+/m0/s1. The Kier molecular flexibility index (Phi) is 12.1. The Bertz CT molecular complexity index is 1480. The van der Waals surface area contributed by atoms with Crippen molar-refractivity contribution >= 4 is 39.4 Å². The van der Waals surface area contributed by atoms with E-state index in [4.69, 9.17) is 0 Å². The van der Waals surface area contributed by atoms with Crippen molar-refractivity contribution in [2.75, 3.05) is 25.4 Å². The summed E-state index contributed by atoms with van der Waals surface area (Å²) in [4.78, 5) is 69.8. The number of rotatable bonds is 16. The molecule has 5 N–H and O–H groups in total. The number of carbonyl (C=O) groups excluding carboxylic acids is 5. The third-order valence-electron chi connectivity index (χ3n) is 11.9. The Balaban J connectivity index is 1.55. The SMILES string of the molecule is C=CCNC(=O)C(=O)C(CCC1CC1)NC(=O)[C@@H]1[C@@H]2[C@H](CN1C(=O)[C@@H](NC(=O)NC1(CS(=O)(=O)C(C)(C)CO)CCCCC1)C(C)(C)C)C2(C)C. The molecule has 1 heterocycles. The van der Waals surface area contributed by atoms with E-state index in [1.807, 2.05) is 34.6 Å². The van der Waals surface area contributed by atoms with Gasteiger partial charge in [0.2, 0.25) is 17.6 Å². The van der Waals surface area contributed by atoms with Gasteiger partial charge in [-0.05, 0) is 68.1 Å². The van der Waals surface area contributed by atoms with E-state index in [-0.39, 0.29) is 29.5 Å². The number of fused-ring (bicyclic) bond motifs is 1. The molecular formula is C37H61N5O8S. The van der Waals surface area contributed by atoms with E-state index in [2.05, 4.69) is 27.8 Å². The molecule has 4 rings (SSSR count). The number of Topliss-reactive ketones (excluding diaryl/α,β-unsaturated/α-hetero) is 1. The molecule has 0 spiro atoms. The highest BCUT2D eigenvalue weighted by Gasteiger charge is 2.70. The first-order chi connectivity index (χ1) is 23.6. The van der Waals surface area contributed by atoms with Crippen LogP contribution in [0.2, 0.25) is 0 Å². The number of carbonyl (C=O) groups is 5. The minimum Gasteiger partial charge on any atom is -0.395 e. The van der Waals surface area contributed by atoms with E-state index < -0.39 is 79.8 Å². The van der Waals surface area contributed by atoms with Crippen molar-refractivity contribution in [1.29, 1.82) is 0 Å². The Hall–Kier alpha value is -3.00. The van der Waals surface area contributed by atoms with Gasteiger partial charge in [-0.15, -0.1) is 6.58 Å². The summed E-state index contributed by atoms with van der Waals surface area (Å²) in [6.07, 6.45) is 7.80. The summed E-state index contributed by atoms with van der Waals surface area (Å²) in [6.45, 7) is 15.9. The van der Waals surface area contributed by atoms with E-state index in [0.717, 1.165) is 32.1 Å². The van der Waals surface area contributed by atoms with E-state index in [1.165, 1.54) is 24.8 Å². The maximum absolute atomic E-state index is 14.5. The lowest BCUT2D eigenvalue weighted by atomic mass is 9.83. The van der Waals surface area contributed by atoms with Crippen LogP contribution >= 0.6 is 0 Å². The Morgan fingerprint density at radius 1 is 1.00 bits per heavy atom. The Morgan fingerprint density at radius 3 is 2.18 bits per heavy atom. The molecule has 0 aromatic carbocycles. The van der Waals surface area contributed by atoms with Gasteiger partial charge in [0, 0.05) is 13.1 Å². The van der Waals surface area contributed by atoms with E-state index in [0.29, 0.717) is 38.1 Å². The van der Waals surface area contributed by atoms with Gasteiger partial charge in [-0.25, -0.2) is 13.2 Å². The van der Waals surface area contributed by atoms with Crippen molar-refractivity contribution in [2.45, 2.75) is 135 Å². The fraction of sp³-hybridized carbons (Fsp3) is 0.811. The smallest absolute Gasteiger partial charge is 0.315 e. The second-order valence-electron chi connectivity index (χ2n) is 17.7. The van der Waals surface area contributed by atoms with E-state index in [1.54, 1.807) is 0 Å². The van der Waals surface area contributed by atoms with Crippen LogP contribution in [0, 0.1) is 28.6 Å². The lowest BCUT2D eigenvalue weighted by molar-refractivity contribution is -0.145. The Morgan fingerprint density at radius 2 is 1.63 bits per heavy atom. The minimum atomic E-state index is -3.83. The molecule has 0 radical (unpaired) electrons. The molecule has 1 saturated heterocycles. The van der Waals surface area contributed by atoms with Crippen LogP contribution in [0.25, 0.3) is 0 Å². The van der Waals surface area contributed by atoms with Gasteiger partial charge in [-0.3, -0.25) is 19.2 Å². The molecular weight excluding hydrogens is 675 g/mol. The van der Waals surface area contributed by atoms with Crippen LogP contribution < -0.4 is 21.3 Å². The van der Waals surface area contributed by atoms with Gasteiger partial charge in [0.05, 0.1) is 28.7 Å². The average Bonchev–Trinajstić information content (AvgIpc) is 3.91. The number of amides is 5. The van der Waals surface area contributed by atoms with Gasteiger partial charge in [-0.2, -0.15) is 0 Å². The fourth-order valence-electron chi connectivity index (χ4n) is 7.97.